The largest absolute Gasteiger partial charge is 0.379 e. The minimum atomic E-state index is -3.45. The first-order valence-corrected chi connectivity index (χ1v) is 10.7. The Labute approximate surface area is 145 Å². The Morgan fingerprint density at radius 1 is 1.30 bits per heavy atom. The van der Waals surface area contributed by atoms with Crippen LogP contribution in [0.4, 0.5) is 0 Å². The number of morpholine rings is 1. The van der Waals surface area contributed by atoms with Gasteiger partial charge in [-0.1, -0.05) is 0 Å². The molecular formula is C15H20N2O3S3. The zero-order valence-electron chi connectivity index (χ0n) is 12.9. The lowest BCUT2D eigenvalue weighted by molar-refractivity contribution is 0.0173. The van der Waals surface area contributed by atoms with Gasteiger partial charge in [0.25, 0.3) is 0 Å². The van der Waals surface area contributed by atoms with E-state index in [9.17, 15) is 8.42 Å². The van der Waals surface area contributed by atoms with Crippen molar-refractivity contribution in [1.29, 1.82) is 0 Å². The lowest BCUT2D eigenvalue weighted by atomic mass is 10.1. The first-order valence-electron chi connectivity index (χ1n) is 7.46. The Hall–Kier alpha value is -0.770. The number of aryl methyl sites for hydroxylation is 1. The summed E-state index contributed by atoms with van der Waals surface area (Å²) in [6.07, 6.45) is 0. The van der Waals surface area contributed by atoms with Crippen molar-refractivity contribution in [2.75, 3.05) is 32.8 Å². The maximum absolute atomic E-state index is 12.5. The van der Waals surface area contributed by atoms with E-state index >= 15 is 0 Å². The normalized spacial score (nSPS) is 18.1. The number of sulfonamides is 1. The molecule has 0 bridgehead atoms. The fraction of sp³-hybridized carbons (Fsp3) is 0.467. The third kappa shape index (κ3) is 4.20. The SMILES string of the molecule is Cc1ccc(S(=O)(=O)NC[C@H](c2ccsc2)N2CCOCC2)s1. The first kappa shape index (κ1) is 17.1. The van der Waals surface area contributed by atoms with Crippen molar-refractivity contribution in [2.45, 2.75) is 17.2 Å². The smallest absolute Gasteiger partial charge is 0.250 e. The molecule has 1 aliphatic rings. The first-order chi connectivity index (χ1) is 11.1. The van der Waals surface area contributed by atoms with Crippen molar-refractivity contribution in [3.63, 3.8) is 0 Å². The maximum Gasteiger partial charge on any atom is 0.250 e. The second kappa shape index (κ2) is 7.42. The molecule has 3 heterocycles. The second-order valence-corrected chi connectivity index (χ2v) is 9.50. The molecular weight excluding hydrogens is 352 g/mol. The molecule has 0 saturated carbocycles. The summed E-state index contributed by atoms with van der Waals surface area (Å²) in [5.74, 6) is 0. The highest BCUT2D eigenvalue weighted by Gasteiger charge is 2.25. The van der Waals surface area contributed by atoms with Crippen molar-refractivity contribution < 1.29 is 13.2 Å². The fourth-order valence-electron chi connectivity index (χ4n) is 2.63. The Bertz CT molecular complexity index is 719. The molecule has 0 spiro atoms. The predicted molar refractivity (Wildman–Crippen MR) is 93.7 cm³/mol. The fourth-order valence-corrected chi connectivity index (χ4v) is 5.70. The third-order valence-electron chi connectivity index (χ3n) is 3.86. The van der Waals surface area contributed by atoms with Crippen LogP contribution in [-0.4, -0.2) is 46.2 Å². The Kier molecular flexibility index (Phi) is 5.50. The molecule has 2 aromatic heterocycles. The van der Waals surface area contributed by atoms with E-state index < -0.39 is 10.0 Å². The van der Waals surface area contributed by atoms with Gasteiger partial charge in [0.15, 0.2) is 0 Å². The van der Waals surface area contributed by atoms with Gasteiger partial charge in [-0.3, -0.25) is 4.90 Å². The minimum absolute atomic E-state index is 0.0426. The summed E-state index contributed by atoms with van der Waals surface area (Å²) in [6, 6.07) is 5.60. The number of hydrogen-bond donors (Lipinski definition) is 1. The summed E-state index contributed by atoms with van der Waals surface area (Å²) >= 11 is 2.93. The zero-order chi connectivity index (χ0) is 16.3. The molecule has 8 heteroatoms. The van der Waals surface area contributed by atoms with Gasteiger partial charge < -0.3 is 4.74 Å². The summed E-state index contributed by atoms with van der Waals surface area (Å²) in [5.41, 5.74) is 1.15. The number of nitrogens with zero attached hydrogens (tertiary/aromatic N) is 1. The quantitative estimate of drug-likeness (QED) is 0.846. The molecule has 126 valence electrons. The monoisotopic (exact) mass is 372 g/mol. The van der Waals surface area contributed by atoms with Crippen LogP contribution in [0, 0.1) is 6.92 Å². The molecule has 1 saturated heterocycles. The third-order valence-corrected chi connectivity index (χ3v) is 7.48. The van der Waals surface area contributed by atoms with Gasteiger partial charge in [0, 0.05) is 30.6 Å². The van der Waals surface area contributed by atoms with Crippen molar-refractivity contribution in [3.05, 3.63) is 39.4 Å². The van der Waals surface area contributed by atoms with Crippen molar-refractivity contribution in [1.82, 2.24) is 9.62 Å². The molecule has 2 aromatic rings. The molecule has 1 aliphatic heterocycles. The summed E-state index contributed by atoms with van der Waals surface area (Å²) < 4.78 is 33.5. The molecule has 0 radical (unpaired) electrons. The summed E-state index contributed by atoms with van der Waals surface area (Å²) in [5, 5.41) is 4.11. The molecule has 1 atom stereocenters. The molecule has 23 heavy (non-hydrogen) atoms. The van der Waals surface area contributed by atoms with Gasteiger partial charge >= 0.3 is 0 Å². The van der Waals surface area contributed by atoms with Crippen LogP contribution in [0.15, 0.2) is 33.2 Å². The average Bonchev–Trinajstić information content (AvgIpc) is 3.20. The molecule has 1 fully saturated rings. The maximum atomic E-state index is 12.5. The van der Waals surface area contributed by atoms with Gasteiger partial charge in [-0.2, -0.15) is 11.3 Å². The van der Waals surface area contributed by atoms with Gasteiger partial charge in [-0.15, -0.1) is 11.3 Å². The van der Waals surface area contributed by atoms with Crippen LogP contribution in [0.2, 0.25) is 0 Å². The lowest BCUT2D eigenvalue weighted by Crippen LogP contribution is -2.43. The Morgan fingerprint density at radius 3 is 2.70 bits per heavy atom. The molecule has 3 rings (SSSR count). The van der Waals surface area contributed by atoms with E-state index in [4.69, 9.17) is 4.74 Å². The molecule has 5 nitrogen and oxygen atoms in total. The predicted octanol–water partition coefficient (Wildman–Crippen LogP) is 2.47. The number of thiophene rings is 2. The van der Waals surface area contributed by atoms with Crippen LogP contribution in [0.1, 0.15) is 16.5 Å². The number of ether oxygens (including phenoxy) is 1. The molecule has 0 amide bonds. The standard InChI is InChI=1S/C15H20N2O3S3/c1-12-2-3-15(22-12)23(18,19)16-10-14(13-4-9-21-11-13)17-5-7-20-8-6-17/h2-4,9,11,14,16H,5-8,10H2,1H3/t14-/m1/s1. The average molecular weight is 373 g/mol. The van der Waals surface area contributed by atoms with Crippen LogP contribution in [0.5, 0.6) is 0 Å². The van der Waals surface area contributed by atoms with Gasteiger partial charge in [-0.25, -0.2) is 13.1 Å². The molecule has 0 aromatic carbocycles. The van der Waals surface area contributed by atoms with E-state index in [1.165, 1.54) is 11.3 Å². The lowest BCUT2D eigenvalue weighted by Gasteiger charge is -2.34. The van der Waals surface area contributed by atoms with Crippen molar-refractivity contribution >= 4 is 32.7 Å². The second-order valence-electron chi connectivity index (χ2n) is 5.44. The van der Waals surface area contributed by atoms with Crippen LogP contribution in [0.3, 0.4) is 0 Å². The van der Waals surface area contributed by atoms with E-state index in [2.05, 4.69) is 21.1 Å². The van der Waals surface area contributed by atoms with Gasteiger partial charge in [0.05, 0.1) is 13.2 Å². The van der Waals surface area contributed by atoms with Crippen LogP contribution >= 0.6 is 22.7 Å². The minimum Gasteiger partial charge on any atom is -0.379 e. The van der Waals surface area contributed by atoms with Crippen molar-refractivity contribution in [3.8, 4) is 0 Å². The zero-order valence-corrected chi connectivity index (χ0v) is 15.3. The number of hydrogen-bond acceptors (Lipinski definition) is 6. The van der Waals surface area contributed by atoms with E-state index in [1.54, 1.807) is 17.4 Å². The molecule has 0 unspecified atom stereocenters. The van der Waals surface area contributed by atoms with E-state index in [0.717, 1.165) is 23.5 Å². The Morgan fingerprint density at radius 2 is 2.09 bits per heavy atom. The topological polar surface area (TPSA) is 58.6 Å². The van der Waals surface area contributed by atoms with Gasteiger partial charge in [-0.05, 0) is 41.4 Å². The number of rotatable bonds is 6. The highest BCUT2D eigenvalue weighted by atomic mass is 32.2. The van der Waals surface area contributed by atoms with E-state index in [1.807, 2.05) is 18.4 Å². The van der Waals surface area contributed by atoms with Crippen molar-refractivity contribution in [2.24, 2.45) is 0 Å². The van der Waals surface area contributed by atoms with Gasteiger partial charge in [0.1, 0.15) is 4.21 Å². The number of nitrogens with one attached hydrogen (secondary N) is 1. The summed E-state index contributed by atoms with van der Waals surface area (Å²) in [6.45, 7) is 5.30. The van der Waals surface area contributed by atoms with E-state index in [0.29, 0.717) is 24.0 Å². The van der Waals surface area contributed by atoms with Crippen LogP contribution in [0.25, 0.3) is 0 Å². The highest BCUT2D eigenvalue weighted by Crippen LogP contribution is 2.25. The summed E-state index contributed by atoms with van der Waals surface area (Å²) in [7, 11) is -3.45. The molecule has 1 N–H and O–H groups in total. The van der Waals surface area contributed by atoms with E-state index in [-0.39, 0.29) is 6.04 Å². The van der Waals surface area contributed by atoms with Crippen LogP contribution in [-0.2, 0) is 14.8 Å². The summed E-state index contributed by atoms with van der Waals surface area (Å²) in [4.78, 5) is 3.28. The van der Waals surface area contributed by atoms with Crippen LogP contribution < -0.4 is 4.72 Å². The van der Waals surface area contributed by atoms with Gasteiger partial charge in [0.2, 0.25) is 10.0 Å². The highest BCUT2D eigenvalue weighted by molar-refractivity contribution is 7.91. The Balaban J connectivity index is 1.73. The molecule has 0 aliphatic carbocycles.